The van der Waals surface area contributed by atoms with E-state index in [2.05, 4.69) is 4.90 Å². The number of piperidine rings is 1. The van der Waals surface area contributed by atoms with Gasteiger partial charge in [-0.3, -0.25) is 4.79 Å². The lowest BCUT2D eigenvalue weighted by molar-refractivity contribution is 0.0564. The molecule has 6 nitrogen and oxygen atoms in total. The Morgan fingerprint density at radius 2 is 2.00 bits per heavy atom. The summed E-state index contributed by atoms with van der Waals surface area (Å²) < 4.78 is 10.9. The minimum atomic E-state index is 0.0602. The van der Waals surface area contributed by atoms with Crippen LogP contribution < -0.4 is 10.5 Å². The van der Waals surface area contributed by atoms with Gasteiger partial charge in [-0.05, 0) is 44.4 Å². The number of anilines is 1. The van der Waals surface area contributed by atoms with E-state index in [1.807, 2.05) is 24.8 Å². The van der Waals surface area contributed by atoms with Gasteiger partial charge in [0.05, 0.1) is 18.4 Å². The summed E-state index contributed by atoms with van der Waals surface area (Å²) in [5.74, 6) is 0.783. The van der Waals surface area contributed by atoms with Crippen molar-refractivity contribution in [1.29, 1.82) is 0 Å². The second-order valence-corrected chi connectivity index (χ2v) is 7.21. The van der Waals surface area contributed by atoms with Crippen molar-refractivity contribution in [3.8, 4) is 5.75 Å². The molecule has 0 bridgehead atoms. The van der Waals surface area contributed by atoms with E-state index in [4.69, 9.17) is 15.2 Å². The molecule has 0 saturated carbocycles. The third kappa shape index (κ3) is 3.90. The van der Waals surface area contributed by atoms with Crippen LogP contribution in [0, 0.1) is 0 Å². The van der Waals surface area contributed by atoms with Gasteiger partial charge in [0.2, 0.25) is 0 Å². The molecule has 1 saturated heterocycles. The molecule has 0 unspecified atom stereocenters. The smallest absolute Gasteiger partial charge is 0.254 e. The number of carbonyl (C=O) groups is 1. The lowest BCUT2D eigenvalue weighted by atomic mass is 10.0. The number of hydrogen-bond acceptors (Lipinski definition) is 5. The number of methoxy groups -OCH3 is 1. The largest absolute Gasteiger partial charge is 0.489 e. The normalized spacial score (nSPS) is 18.9. The Morgan fingerprint density at radius 1 is 1.28 bits per heavy atom. The Morgan fingerprint density at radius 3 is 2.64 bits per heavy atom. The maximum atomic E-state index is 12.8. The first-order valence-electron chi connectivity index (χ1n) is 9.11. The van der Waals surface area contributed by atoms with Crippen LogP contribution in [0.1, 0.15) is 42.6 Å². The summed E-state index contributed by atoms with van der Waals surface area (Å²) in [4.78, 5) is 17.2. The highest BCUT2D eigenvalue weighted by Gasteiger charge is 2.35. The molecule has 1 aromatic rings. The van der Waals surface area contributed by atoms with Crippen molar-refractivity contribution >= 4 is 11.6 Å². The molecule has 1 aromatic carbocycles. The fourth-order valence-corrected chi connectivity index (χ4v) is 3.70. The van der Waals surface area contributed by atoms with Gasteiger partial charge in [0.15, 0.2) is 0 Å². The van der Waals surface area contributed by atoms with E-state index in [1.165, 1.54) is 0 Å². The van der Waals surface area contributed by atoms with Gasteiger partial charge in [0.25, 0.3) is 5.91 Å². The average Bonchev–Trinajstić information content (AvgIpc) is 2.90. The monoisotopic (exact) mass is 347 g/mol. The summed E-state index contributed by atoms with van der Waals surface area (Å²) in [6.07, 6.45) is 2.08. The van der Waals surface area contributed by atoms with Gasteiger partial charge >= 0.3 is 0 Å². The van der Waals surface area contributed by atoms with Crippen molar-refractivity contribution in [2.45, 2.75) is 45.4 Å². The van der Waals surface area contributed by atoms with E-state index in [1.54, 1.807) is 13.2 Å². The maximum Gasteiger partial charge on any atom is 0.254 e. The molecule has 2 aliphatic rings. The average molecular weight is 347 g/mol. The highest BCUT2D eigenvalue weighted by molar-refractivity contribution is 5.99. The molecular weight excluding hydrogens is 318 g/mol. The van der Waals surface area contributed by atoms with E-state index >= 15 is 0 Å². The fourth-order valence-electron chi connectivity index (χ4n) is 3.70. The number of ether oxygens (including phenoxy) is 2. The first kappa shape index (κ1) is 18.0. The van der Waals surface area contributed by atoms with E-state index in [0.29, 0.717) is 24.0 Å². The Kier molecular flexibility index (Phi) is 5.49. The standard InChI is InChI=1S/C19H29N3O3/c1-13(2)25-18-10-14-12-22(19(23)16(14)11-17(18)20)15-4-6-21(7-5-15)8-9-24-3/h10-11,13,15H,4-9,12,20H2,1-3H3. The van der Waals surface area contributed by atoms with E-state index in [-0.39, 0.29) is 12.0 Å². The summed E-state index contributed by atoms with van der Waals surface area (Å²) >= 11 is 0. The van der Waals surface area contributed by atoms with Crippen LogP contribution in [0.3, 0.4) is 0 Å². The van der Waals surface area contributed by atoms with Gasteiger partial charge in [-0.25, -0.2) is 0 Å². The number of rotatable bonds is 6. The van der Waals surface area contributed by atoms with Gasteiger partial charge in [0.1, 0.15) is 5.75 Å². The molecule has 6 heteroatoms. The Labute approximate surface area is 149 Å². The Balaban J connectivity index is 1.67. The van der Waals surface area contributed by atoms with Gasteiger partial charge in [-0.1, -0.05) is 0 Å². The molecule has 2 N–H and O–H groups in total. The molecule has 138 valence electrons. The van der Waals surface area contributed by atoms with Crippen molar-refractivity contribution in [3.63, 3.8) is 0 Å². The SMILES string of the molecule is COCCN1CCC(N2Cc3cc(OC(C)C)c(N)cc3C2=O)CC1. The van der Waals surface area contributed by atoms with Crippen molar-refractivity contribution < 1.29 is 14.3 Å². The number of carbonyl (C=O) groups excluding carboxylic acids is 1. The van der Waals surface area contributed by atoms with Gasteiger partial charge in [0, 0.05) is 44.9 Å². The van der Waals surface area contributed by atoms with E-state index < -0.39 is 0 Å². The molecular formula is C19H29N3O3. The van der Waals surface area contributed by atoms with E-state index in [0.717, 1.165) is 50.2 Å². The number of nitrogen functional groups attached to an aromatic ring is 1. The summed E-state index contributed by atoms with van der Waals surface area (Å²) in [7, 11) is 1.73. The molecule has 25 heavy (non-hydrogen) atoms. The van der Waals surface area contributed by atoms with Crippen LogP contribution in [0.5, 0.6) is 5.75 Å². The van der Waals surface area contributed by atoms with Crippen molar-refractivity contribution in [2.75, 3.05) is 39.1 Å². The van der Waals surface area contributed by atoms with Crippen LogP contribution in [0.15, 0.2) is 12.1 Å². The van der Waals surface area contributed by atoms with Crippen LogP contribution in [-0.2, 0) is 11.3 Å². The number of likely N-dealkylation sites (tertiary alicyclic amines) is 1. The van der Waals surface area contributed by atoms with Gasteiger partial charge in [-0.15, -0.1) is 0 Å². The molecule has 0 aliphatic carbocycles. The minimum absolute atomic E-state index is 0.0602. The molecule has 1 fully saturated rings. The number of nitrogens with two attached hydrogens (primary N) is 1. The summed E-state index contributed by atoms with van der Waals surface area (Å²) in [6, 6.07) is 4.02. The predicted molar refractivity (Wildman–Crippen MR) is 97.8 cm³/mol. The maximum absolute atomic E-state index is 12.8. The number of nitrogens with zero attached hydrogens (tertiary/aromatic N) is 2. The lowest BCUT2D eigenvalue weighted by Crippen LogP contribution is -2.45. The zero-order valence-corrected chi connectivity index (χ0v) is 15.5. The predicted octanol–water partition coefficient (Wildman–Crippen LogP) is 2.12. The zero-order valence-electron chi connectivity index (χ0n) is 15.5. The van der Waals surface area contributed by atoms with Crippen LogP contribution in [0.4, 0.5) is 5.69 Å². The second-order valence-electron chi connectivity index (χ2n) is 7.21. The first-order valence-corrected chi connectivity index (χ1v) is 9.11. The summed E-state index contributed by atoms with van der Waals surface area (Å²) in [5, 5.41) is 0. The molecule has 2 heterocycles. The Hall–Kier alpha value is -1.79. The van der Waals surface area contributed by atoms with Gasteiger partial charge < -0.3 is 25.0 Å². The highest BCUT2D eigenvalue weighted by atomic mass is 16.5. The topological polar surface area (TPSA) is 68.0 Å². The van der Waals surface area contributed by atoms with Crippen molar-refractivity contribution in [1.82, 2.24) is 9.80 Å². The third-order valence-corrected chi connectivity index (χ3v) is 5.04. The van der Waals surface area contributed by atoms with Crippen LogP contribution >= 0.6 is 0 Å². The molecule has 0 spiro atoms. The highest BCUT2D eigenvalue weighted by Crippen LogP contribution is 2.34. The number of amides is 1. The van der Waals surface area contributed by atoms with Crippen molar-refractivity contribution in [3.05, 3.63) is 23.3 Å². The molecule has 2 aliphatic heterocycles. The quantitative estimate of drug-likeness (QED) is 0.799. The Bertz CT molecular complexity index is 625. The summed E-state index contributed by atoms with van der Waals surface area (Å²) in [5.41, 5.74) is 8.37. The summed E-state index contributed by atoms with van der Waals surface area (Å²) in [6.45, 7) is 8.35. The molecule has 1 amide bonds. The number of fused-ring (bicyclic) bond motifs is 1. The van der Waals surface area contributed by atoms with Crippen LogP contribution in [0.2, 0.25) is 0 Å². The fraction of sp³-hybridized carbons (Fsp3) is 0.632. The van der Waals surface area contributed by atoms with Gasteiger partial charge in [-0.2, -0.15) is 0 Å². The van der Waals surface area contributed by atoms with Crippen molar-refractivity contribution in [2.24, 2.45) is 0 Å². The van der Waals surface area contributed by atoms with Crippen LogP contribution in [-0.4, -0.2) is 61.2 Å². The molecule has 0 atom stereocenters. The molecule has 0 radical (unpaired) electrons. The zero-order chi connectivity index (χ0) is 18.0. The number of hydrogen-bond donors (Lipinski definition) is 1. The second kappa shape index (κ2) is 7.62. The molecule has 3 rings (SSSR count). The molecule has 0 aromatic heterocycles. The van der Waals surface area contributed by atoms with E-state index in [9.17, 15) is 4.79 Å². The lowest BCUT2D eigenvalue weighted by Gasteiger charge is -2.36. The number of benzene rings is 1. The first-order chi connectivity index (χ1) is 12.0. The minimum Gasteiger partial charge on any atom is -0.489 e. The van der Waals surface area contributed by atoms with Crippen LogP contribution in [0.25, 0.3) is 0 Å². The third-order valence-electron chi connectivity index (χ3n) is 5.04.